The number of benzene rings is 1. The summed E-state index contributed by atoms with van der Waals surface area (Å²) in [4.78, 5) is 22.2. The minimum Gasteiger partial charge on any atom is -0.461 e. The van der Waals surface area contributed by atoms with Gasteiger partial charge in [0.05, 0.1) is 18.5 Å². The highest BCUT2D eigenvalue weighted by atomic mass is 19.4. The lowest BCUT2D eigenvalue weighted by molar-refractivity contribution is -0.146. The van der Waals surface area contributed by atoms with Gasteiger partial charge in [0.15, 0.2) is 0 Å². The number of halogens is 3. The summed E-state index contributed by atoms with van der Waals surface area (Å²) in [5.41, 5.74) is 4.76. The Labute approximate surface area is 113 Å². The SMILES string of the molecule is NCC(=O)CCC(=O)OCc1ccc(C(F)(F)F)cc1. The molecule has 20 heavy (non-hydrogen) atoms. The van der Waals surface area contributed by atoms with Gasteiger partial charge in [-0.15, -0.1) is 0 Å². The number of carbonyl (C=O) groups excluding carboxylic acids is 2. The Morgan fingerprint density at radius 1 is 1.10 bits per heavy atom. The van der Waals surface area contributed by atoms with Gasteiger partial charge in [-0.25, -0.2) is 0 Å². The second kappa shape index (κ2) is 7.04. The number of hydrogen-bond donors (Lipinski definition) is 1. The van der Waals surface area contributed by atoms with E-state index in [1.807, 2.05) is 0 Å². The molecule has 2 N–H and O–H groups in total. The van der Waals surface area contributed by atoms with E-state index in [1.54, 1.807) is 0 Å². The van der Waals surface area contributed by atoms with Crippen molar-refractivity contribution in [2.45, 2.75) is 25.6 Å². The summed E-state index contributed by atoms with van der Waals surface area (Å²) >= 11 is 0. The number of Topliss-reactive ketones (excluding diaryl/α,β-unsaturated/α-hetero) is 1. The molecule has 1 aromatic rings. The first kappa shape index (κ1) is 16.2. The first-order chi connectivity index (χ1) is 9.32. The molecular weight excluding hydrogens is 275 g/mol. The smallest absolute Gasteiger partial charge is 0.416 e. The number of nitrogens with two attached hydrogens (primary N) is 1. The normalized spacial score (nSPS) is 11.2. The van der Waals surface area contributed by atoms with Crippen LogP contribution in [0, 0.1) is 0 Å². The van der Waals surface area contributed by atoms with E-state index in [2.05, 4.69) is 0 Å². The first-order valence-electron chi connectivity index (χ1n) is 5.86. The molecule has 0 aromatic heterocycles. The van der Waals surface area contributed by atoms with Gasteiger partial charge >= 0.3 is 12.1 Å². The molecule has 0 heterocycles. The summed E-state index contributed by atoms with van der Waals surface area (Å²) in [6.07, 6.45) is -4.48. The van der Waals surface area contributed by atoms with Crippen molar-refractivity contribution in [3.05, 3.63) is 35.4 Å². The predicted octanol–water partition coefficient (Wildman–Crippen LogP) is 2.06. The molecule has 110 valence electrons. The molecule has 0 atom stereocenters. The molecule has 1 aromatic carbocycles. The Morgan fingerprint density at radius 3 is 2.20 bits per heavy atom. The molecule has 0 fully saturated rings. The lowest BCUT2D eigenvalue weighted by atomic mass is 10.1. The van der Waals surface area contributed by atoms with E-state index in [4.69, 9.17) is 10.5 Å². The van der Waals surface area contributed by atoms with Crippen LogP contribution in [-0.2, 0) is 27.1 Å². The van der Waals surface area contributed by atoms with Crippen LogP contribution in [0.15, 0.2) is 24.3 Å². The van der Waals surface area contributed by atoms with Crippen LogP contribution < -0.4 is 5.73 Å². The maximum absolute atomic E-state index is 12.3. The van der Waals surface area contributed by atoms with Crippen molar-refractivity contribution in [1.82, 2.24) is 0 Å². The molecule has 7 heteroatoms. The van der Waals surface area contributed by atoms with Gasteiger partial charge in [-0.05, 0) is 17.7 Å². The topological polar surface area (TPSA) is 69.4 Å². The van der Waals surface area contributed by atoms with Crippen molar-refractivity contribution in [2.24, 2.45) is 5.73 Å². The highest BCUT2D eigenvalue weighted by Gasteiger charge is 2.29. The maximum Gasteiger partial charge on any atom is 0.416 e. The number of carbonyl (C=O) groups is 2. The lowest BCUT2D eigenvalue weighted by Gasteiger charge is -2.08. The third kappa shape index (κ3) is 5.40. The van der Waals surface area contributed by atoms with Gasteiger partial charge in [0.25, 0.3) is 0 Å². The quantitative estimate of drug-likeness (QED) is 0.814. The van der Waals surface area contributed by atoms with E-state index in [9.17, 15) is 22.8 Å². The van der Waals surface area contributed by atoms with Crippen molar-refractivity contribution in [3.63, 3.8) is 0 Å². The van der Waals surface area contributed by atoms with Crippen LogP contribution in [0.3, 0.4) is 0 Å². The molecule has 0 aliphatic carbocycles. The second-order valence-corrected chi connectivity index (χ2v) is 4.10. The van der Waals surface area contributed by atoms with Crippen LogP contribution >= 0.6 is 0 Å². The summed E-state index contributed by atoms with van der Waals surface area (Å²) in [7, 11) is 0. The van der Waals surface area contributed by atoms with Gasteiger partial charge in [0.2, 0.25) is 0 Å². The largest absolute Gasteiger partial charge is 0.461 e. The molecule has 4 nitrogen and oxygen atoms in total. The minimum absolute atomic E-state index is 0.00233. The van der Waals surface area contributed by atoms with E-state index in [-0.39, 0.29) is 31.8 Å². The number of hydrogen-bond acceptors (Lipinski definition) is 4. The number of ether oxygens (including phenoxy) is 1. The molecule has 0 radical (unpaired) electrons. The fourth-order valence-corrected chi connectivity index (χ4v) is 1.37. The molecular formula is C13H14F3NO3. The Morgan fingerprint density at radius 2 is 1.70 bits per heavy atom. The van der Waals surface area contributed by atoms with Gasteiger partial charge in [0.1, 0.15) is 12.4 Å². The average molecular weight is 289 g/mol. The van der Waals surface area contributed by atoms with Gasteiger partial charge in [-0.2, -0.15) is 13.2 Å². The second-order valence-electron chi connectivity index (χ2n) is 4.10. The zero-order valence-corrected chi connectivity index (χ0v) is 10.6. The van der Waals surface area contributed by atoms with Crippen LogP contribution in [0.4, 0.5) is 13.2 Å². The Balaban J connectivity index is 2.42. The highest BCUT2D eigenvalue weighted by molar-refractivity contribution is 5.84. The Bertz CT molecular complexity index is 469. The third-order valence-corrected chi connectivity index (χ3v) is 2.52. The number of ketones is 1. The average Bonchev–Trinajstić information content (AvgIpc) is 2.41. The van der Waals surface area contributed by atoms with Crippen LogP contribution in [-0.4, -0.2) is 18.3 Å². The summed E-state index contributed by atoms with van der Waals surface area (Å²) in [6, 6.07) is 4.31. The number of rotatable bonds is 6. The van der Waals surface area contributed by atoms with Gasteiger partial charge in [-0.1, -0.05) is 12.1 Å². The third-order valence-electron chi connectivity index (χ3n) is 2.52. The molecule has 1 rings (SSSR count). The lowest BCUT2D eigenvalue weighted by Crippen LogP contribution is -2.15. The van der Waals surface area contributed by atoms with E-state index in [0.29, 0.717) is 5.56 Å². The van der Waals surface area contributed by atoms with E-state index in [0.717, 1.165) is 12.1 Å². The molecule has 0 saturated heterocycles. The molecule has 0 saturated carbocycles. The highest BCUT2D eigenvalue weighted by Crippen LogP contribution is 2.29. The summed E-state index contributed by atoms with van der Waals surface area (Å²) < 4.78 is 41.8. The number of esters is 1. The van der Waals surface area contributed by atoms with Crippen LogP contribution in [0.2, 0.25) is 0 Å². The van der Waals surface area contributed by atoms with Crippen molar-refractivity contribution in [2.75, 3.05) is 6.54 Å². The molecule has 0 spiro atoms. The first-order valence-corrected chi connectivity index (χ1v) is 5.86. The fourth-order valence-electron chi connectivity index (χ4n) is 1.37. The van der Waals surface area contributed by atoms with Crippen LogP contribution in [0.25, 0.3) is 0 Å². The van der Waals surface area contributed by atoms with Crippen molar-refractivity contribution >= 4 is 11.8 Å². The molecule has 0 amide bonds. The van der Waals surface area contributed by atoms with Gasteiger partial charge < -0.3 is 10.5 Å². The molecule has 0 aliphatic heterocycles. The van der Waals surface area contributed by atoms with E-state index >= 15 is 0 Å². The Kier molecular flexibility index (Phi) is 5.69. The van der Waals surface area contributed by atoms with Crippen molar-refractivity contribution < 1.29 is 27.5 Å². The standard InChI is InChI=1S/C13H14F3NO3/c14-13(15,16)10-3-1-9(2-4-10)8-20-12(19)6-5-11(18)7-17/h1-4H,5-8,17H2. The van der Waals surface area contributed by atoms with Crippen molar-refractivity contribution in [3.8, 4) is 0 Å². The van der Waals surface area contributed by atoms with E-state index < -0.39 is 17.7 Å². The van der Waals surface area contributed by atoms with Crippen LogP contribution in [0.1, 0.15) is 24.0 Å². The van der Waals surface area contributed by atoms with Gasteiger partial charge in [0, 0.05) is 6.42 Å². The van der Waals surface area contributed by atoms with Crippen LogP contribution in [0.5, 0.6) is 0 Å². The van der Waals surface area contributed by atoms with Gasteiger partial charge in [-0.3, -0.25) is 9.59 Å². The molecule has 0 unspecified atom stereocenters. The predicted molar refractivity (Wildman–Crippen MR) is 64.5 cm³/mol. The summed E-state index contributed by atoms with van der Waals surface area (Å²) in [5.74, 6) is -0.844. The van der Waals surface area contributed by atoms with Crippen molar-refractivity contribution in [1.29, 1.82) is 0 Å². The summed E-state index contributed by atoms with van der Waals surface area (Å²) in [5, 5.41) is 0. The number of alkyl halides is 3. The minimum atomic E-state index is -4.39. The fraction of sp³-hybridized carbons (Fsp3) is 0.385. The molecule has 0 aliphatic rings. The molecule has 0 bridgehead atoms. The zero-order chi connectivity index (χ0) is 15.2. The van der Waals surface area contributed by atoms with E-state index in [1.165, 1.54) is 12.1 Å². The monoisotopic (exact) mass is 289 g/mol. The Hall–Kier alpha value is -1.89. The summed E-state index contributed by atoms with van der Waals surface area (Å²) in [6.45, 7) is -0.264. The maximum atomic E-state index is 12.3. The zero-order valence-electron chi connectivity index (χ0n) is 10.6.